The standard InChI is InChI=1S/C31H39N3O7S/c1-7-22(2)32-31(36)23(3)33(20-24-11-10-12-26(19-24)40-5)30(35)21-34(28-13-8-9-14-29(28)41-6)42(37,38)27-17-15-25(39-4)16-18-27/h8-19,22-23H,7,20-21H2,1-6H3,(H,32,36)/t22-,23+/m0/s1. The number of amides is 2. The average Bonchev–Trinajstić information content (AvgIpc) is 3.01. The minimum atomic E-state index is -4.26. The predicted molar refractivity (Wildman–Crippen MR) is 161 cm³/mol. The van der Waals surface area contributed by atoms with Gasteiger partial charge in [-0.15, -0.1) is 0 Å². The minimum absolute atomic E-state index is 0.0380. The number of nitrogens with zero attached hydrogens (tertiary/aromatic N) is 2. The van der Waals surface area contributed by atoms with Crippen LogP contribution < -0.4 is 23.8 Å². The summed E-state index contributed by atoms with van der Waals surface area (Å²) in [6.07, 6.45) is 0.712. The van der Waals surface area contributed by atoms with E-state index in [1.807, 2.05) is 19.9 Å². The number of carbonyl (C=O) groups is 2. The van der Waals surface area contributed by atoms with Gasteiger partial charge in [0.05, 0.1) is 31.9 Å². The lowest BCUT2D eigenvalue weighted by Gasteiger charge is -2.32. The number of methoxy groups -OCH3 is 3. The Balaban J connectivity index is 2.07. The van der Waals surface area contributed by atoms with Crippen molar-refractivity contribution in [3.63, 3.8) is 0 Å². The molecule has 3 rings (SSSR count). The molecule has 3 aromatic carbocycles. The number of sulfonamides is 1. The lowest BCUT2D eigenvalue weighted by atomic mass is 10.1. The number of nitrogens with one attached hydrogen (secondary N) is 1. The van der Waals surface area contributed by atoms with Crippen molar-refractivity contribution in [3.8, 4) is 17.2 Å². The summed E-state index contributed by atoms with van der Waals surface area (Å²) in [4.78, 5) is 28.7. The third-order valence-corrected chi connectivity index (χ3v) is 8.71. The van der Waals surface area contributed by atoms with Crippen LogP contribution in [0, 0.1) is 0 Å². The lowest BCUT2D eigenvalue weighted by molar-refractivity contribution is -0.139. The summed E-state index contributed by atoms with van der Waals surface area (Å²) in [6, 6.07) is 18.6. The molecule has 0 aliphatic rings. The van der Waals surface area contributed by atoms with Crippen molar-refractivity contribution in [2.75, 3.05) is 32.2 Å². The molecule has 0 unspecified atom stereocenters. The molecule has 11 heteroatoms. The summed E-state index contributed by atoms with van der Waals surface area (Å²) in [5, 5.41) is 2.92. The molecule has 0 aliphatic carbocycles. The van der Waals surface area contributed by atoms with Crippen molar-refractivity contribution in [1.29, 1.82) is 0 Å². The quantitative estimate of drug-likeness (QED) is 0.296. The van der Waals surface area contributed by atoms with Crippen LogP contribution in [0.2, 0.25) is 0 Å². The summed E-state index contributed by atoms with van der Waals surface area (Å²) in [5.41, 5.74) is 0.898. The van der Waals surface area contributed by atoms with E-state index < -0.39 is 28.5 Å². The van der Waals surface area contributed by atoms with Crippen molar-refractivity contribution < 1.29 is 32.2 Å². The van der Waals surface area contributed by atoms with Crippen LogP contribution in [-0.2, 0) is 26.2 Å². The van der Waals surface area contributed by atoms with E-state index in [-0.39, 0.29) is 34.8 Å². The Hall–Kier alpha value is -4.25. The Kier molecular flexibility index (Phi) is 11.2. The number of hydrogen-bond donors (Lipinski definition) is 1. The molecule has 0 saturated carbocycles. The maximum Gasteiger partial charge on any atom is 0.264 e. The molecule has 0 spiro atoms. The van der Waals surface area contributed by atoms with Gasteiger partial charge in [-0.3, -0.25) is 13.9 Å². The number of rotatable bonds is 14. The number of para-hydroxylation sites is 2. The van der Waals surface area contributed by atoms with Gasteiger partial charge in [0, 0.05) is 12.6 Å². The molecule has 10 nitrogen and oxygen atoms in total. The molecule has 0 bridgehead atoms. The van der Waals surface area contributed by atoms with Gasteiger partial charge >= 0.3 is 0 Å². The van der Waals surface area contributed by atoms with E-state index in [0.717, 1.165) is 4.31 Å². The first kappa shape index (κ1) is 32.3. The Morgan fingerprint density at radius 3 is 2.14 bits per heavy atom. The third-order valence-electron chi connectivity index (χ3n) is 6.94. The van der Waals surface area contributed by atoms with E-state index in [1.165, 1.54) is 43.4 Å². The maximum absolute atomic E-state index is 14.1. The number of ether oxygens (including phenoxy) is 3. The van der Waals surface area contributed by atoms with Crippen LogP contribution in [0.4, 0.5) is 5.69 Å². The van der Waals surface area contributed by atoms with Gasteiger partial charge in [-0.05, 0) is 74.4 Å². The Labute approximate surface area is 248 Å². The highest BCUT2D eigenvalue weighted by Crippen LogP contribution is 2.33. The number of carbonyl (C=O) groups excluding carboxylic acids is 2. The van der Waals surface area contributed by atoms with Gasteiger partial charge in [-0.2, -0.15) is 0 Å². The van der Waals surface area contributed by atoms with Crippen LogP contribution in [0.1, 0.15) is 32.8 Å². The van der Waals surface area contributed by atoms with E-state index >= 15 is 0 Å². The molecule has 0 aromatic heterocycles. The number of anilines is 1. The van der Waals surface area contributed by atoms with E-state index in [1.54, 1.807) is 56.5 Å². The van der Waals surface area contributed by atoms with Crippen LogP contribution in [-0.4, -0.2) is 65.1 Å². The molecule has 0 heterocycles. The fourth-order valence-corrected chi connectivity index (χ4v) is 5.66. The molecule has 3 aromatic rings. The van der Waals surface area contributed by atoms with Crippen LogP contribution >= 0.6 is 0 Å². The van der Waals surface area contributed by atoms with Gasteiger partial charge in [0.1, 0.15) is 29.8 Å². The second-order valence-corrected chi connectivity index (χ2v) is 11.6. The molecule has 0 saturated heterocycles. The van der Waals surface area contributed by atoms with Gasteiger partial charge in [-0.25, -0.2) is 8.42 Å². The number of benzene rings is 3. The molecule has 2 atom stereocenters. The summed E-state index contributed by atoms with van der Waals surface area (Å²) in [6.45, 7) is 4.92. The van der Waals surface area contributed by atoms with Gasteiger partial charge in [0.15, 0.2) is 0 Å². The predicted octanol–water partition coefficient (Wildman–Crippen LogP) is 4.24. The first-order valence-electron chi connectivity index (χ1n) is 13.6. The second-order valence-electron chi connectivity index (χ2n) is 9.73. The highest BCUT2D eigenvalue weighted by atomic mass is 32.2. The fraction of sp³-hybridized carbons (Fsp3) is 0.355. The van der Waals surface area contributed by atoms with Crippen molar-refractivity contribution in [2.24, 2.45) is 0 Å². The van der Waals surface area contributed by atoms with E-state index in [2.05, 4.69) is 5.32 Å². The van der Waals surface area contributed by atoms with Gasteiger partial charge in [0.2, 0.25) is 11.8 Å². The molecule has 0 radical (unpaired) electrons. The first-order chi connectivity index (χ1) is 20.0. The molecule has 226 valence electrons. The Morgan fingerprint density at radius 2 is 1.52 bits per heavy atom. The van der Waals surface area contributed by atoms with Crippen LogP contribution in [0.3, 0.4) is 0 Å². The Bertz CT molecular complexity index is 1460. The van der Waals surface area contributed by atoms with Crippen molar-refractivity contribution >= 4 is 27.5 Å². The van der Waals surface area contributed by atoms with Gasteiger partial charge in [-0.1, -0.05) is 31.2 Å². The summed E-state index contributed by atoms with van der Waals surface area (Å²) >= 11 is 0. The normalized spacial score (nSPS) is 12.5. The Morgan fingerprint density at radius 1 is 0.857 bits per heavy atom. The van der Waals surface area contributed by atoms with E-state index in [4.69, 9.17) is 14.2 Å². The van der Waals surface area contributed by atoms with E-state index in [0.29, 0.717) is 23.5 Å². The zero-order valence-corrected chi connectivity index (χ0v) is 25.7. The molecular weight excluding hydrogens is 558 g/mol. The van der Waals surface area contributed by atoms with Gasteiger partial charge in [0.25, 0.3) is 10.0 Å². The van der Waals surface area contributed by atoms with Crippen LogP contribution in [0.15, 0.2) is 77.7 Å². The zero-order valence-electron chi connectivity index (χ0n) is 24.9. The molecular formula is C31H39N3O7S. The van der Waals surface area contributed by atoms with Crippen molar-refractivity contribution in [1.82, 2.24) is 10.2 Å². The third kappa shape index (κ3) is 7.73. The lowest BCUT2D eigenvalue weighted by Crippen LogP contribution is -2.52. The zero-order chi connectivity index (χ0) is 30.9. The van der Waals surface area contributed by atoms with Crippen molar-refractivity contribution in [2.45, 2.75) is 50.7 Å². The number of hydrogen-bond acceptors (Lipinski definition) is 7. The SMILES string of the molecule is CC[C@H](C)NC(=O)[C@@H](C)N(Cc1cccc(OC)c1)C(=O)CN(c1ccccc1OC)S(=O)(=O)c1ccc(OC)cc1. The second kappa shape index (κ2) is 14.6. The molecule has 42 heavy (non-hydrogen) atoms. The summed E-state index contributed by atoms with van der Waals surface area (Å²) in [5.74, 6) is 0.424. The van der Waals surface area contributed by atoms with E-state index in [9.17, 15) is 18.0 Å². The molecule has 0 aliphatic heterocycles. The minimum Gasteiger partial charge on any atom is -0.497 e. The molecule has 0 fully saturated rings. The maximum atomic E-state index is 14.1. The summed E-state index contributed by atoms with van der Waals surface area (Å²) in [7, 11) is 0.189. The smallest absolute Gasteiger partial charge is 0.264 e. The highest BCUT2D eigenvalue weighted by Gasteiger charge is 2.34. The largest absolute Gasteiger partial charge is 0.497 e. The van der Waals surface area contributed by atoms with Gasteiger partial charge < -0.3 is 24.4 Å². The first-order valence-corrected chi connectivity index (χ1v) is 15.0. The van der Waals surface area contributed by atoms with Crippen LogP contribution in [0.25, 0.3) is 0 Å². The topological polar surface area (TPSA) is 114 Å². The monoisotopic (exact) mass is 597 g/mol. The fourth-order valence-electron chi connectivity index (χ4n) is 4.24. The summed E-state index contributed by atoms with van der Waals surface area (Å²) < 4.78 is 45.1. The average molecular weight is 598 g/mol. The van der Waals surface area contributed by atoms with Crippen molar-refractivity contribution in [3.05, 3.63) is 78.4 Å². The van der Waals surface area contributed by atoms with Crippen LogP contribution in [0.5, 0.6) is 17.2 Å². The molecule has 1 N–H and O–H groups in total. The highest BCUT2D eigenvalue weighted by molar-refractivity contribution is 7.92. The molecule has 2 amide bonds.